The Morgan fingerprint density at radius 2 is 2.25 bits per heavy atom. The molecule has 0 aliphatic heterocycles. The molecule has 0 saturated heterocycles. The minimum atomic E-state index is -0.509. The van der Waals surface area contributed by atoms with Gasteiger partial charge in [-0.25, -0.2) is 4.39 Å². The van der Waals surface area contributed by atoms with Crippen LogP contribution in [0.4, 0.5) is 10.1 Å². The fraction of sp³-hybridized carbons (Fsp3) is 0.286. The Hall–Kier alpha value is -1.88. The first-order chi connectivity index (χ1) is 9.45. The van der Waals surface area contributed by atoms with Crippen LogP contribution in [-0.2, 0) is 4.79 Å². The van der Waals surface area contributed by atoms with Gasteiger partial charge in [0.05, 0.1) is 16.8 Å². The molecule has 1 amide bonds. The normalized spacial score (nSPS) is 12.2. The van der Waals surface area contributed by atoms with Crippen LogP contribution >= 0.6 is 11.6 Å². The van der Waals surface area contributed by atoms with Crippen LogP contribution in [-0.4, -0.2) is 15.7 Å². The molecule has 20 heavy (non-hydrogen) atoms. The minimum Gasteiger partial charge on any atom is -0.326 e. The number of nitrogens with one attached hydrogen (secondary N) is 1. The highest BCUT2D eigenvalue weighted by Crippen LogP contribution is 2.20. The molecule has 1 aromatic heterocycles. The van der Waals surface area contributed by atoms with E-state index in [-0.39, 0.29) is 23.4 Å². The maximum Gasteiger partial charge on any atom is 0.226 e. The van der Waals surface area contributed by atoms with E-state index in [1.54, 1.807) is 4.68 Å². The van der Waals surface area contributed by atoms with Gasteiger partial charge in [-0.2, -0.15) is 5.10 Å². The van der Waals surface area contributed by atoms with Crippen LogP contribution in [0.3, 0.4) is 0 Å². The molecule has 6 heteroatoms. The SMILES string of the molecule is Cc1ccn(C(C)CC(=O)Nc2ccc(F)c(Cl)c2)n1. The molecule has 1 heterocycles. The largest absolute Gasteiger partial charge is 0.326 e. The Labute approximate surface area is 121 Å². The van der Waals surface area contributed by atoms with Crippen LogP contribution in [0, 0.1) is 12.7 Å². The summed E-state index contributed by atoms with van der Waals surface area (Å²) in [5.41, 5.74) is 1.38. The van der Waals surface area contributed by atoms with E-state index in [0.717, 1.165) is 5.69 Å². The maximum absolute atomic E-state index is 13.0. The Morgan fingerprint density at radius 3 is 2.85 bits per heavy atom. The van der Waals surface area contributed by atoms with Crippen LogP contribution in [0.25, 0.3) is 0 Å². The summed E-state index contributed by atoms with van der Waals surface area (Å²) in [7, 11) is 0. The molecule has 0 saturated carbocycles. The lowest BCUT2D eigenvalue weighted by atomic mass is 10.2. The second-order valence-electron chi connectivity index (χ2n) is 4.67. The molecule has 2 aromatic rings. The summed E-state index contributed by atoms with van der Waals surface area (Å²) in [6.07, 6.45) is 2.11. The Bertz CT molecular complexity index is 627. The third-order valence-corrected chi connectivity index (χ3v) is 3.17. The van der Waals surface area contributed by atoms with Crippen molar-refractivity contribution in [3.63, 3.8) is 0 Å². The standard InChI is InChI=1S/C14H15ClFN3O/c1-9-5-6-19(18-9)10(2)7-14(20)17-11-3-4-13(16)12(15)8-11/h3-6,8,10H,7H2,1-2H3,(H,17,20). The third-order valence-electron chi connectivity index (χ3n) is 2.88. The zero-order chi connectivity index (χ0) is 14.7. The van der Waals surface area contributed by atoms with Gasteiger partial charge in [-0.05, 0) is 38.1 Å². The van der Waals surface area contributed by atoms with E-state index in [4.69, 9.17) is 11.6 Å². The second kappa shape index (κ2) is 6.05. The molecule has 0 fully saturated rings. The monoisotopic (exact) mass is 295 g/mol. The first-order valence-corrected chi connectivity index (χ1v) is 6.60. The fourth-order valence-electron chi connectivity index (χ4n) is 1.83. The number of benzene rings is 1. The van der Waals surface area contributed by atoms with E-state index in [9.17, 15) is 9.18 Å². The number of aromatic nitrogens is 2. The molecule has 106 valence electrons. The first-order valence-electron chi connectivity index (χ1n) is 6.22. The molecule has 0 radical (unpaired) electrons. The molecular weight excluding hydrogens is 281 g/mol. The lowest BCUT2D eigenvalue weighted by Crippen LogP contribution is -2.18. The number of nitrogens with zero attached hydrogens (tertiary/aromatic N) is 2. The van der Waals surface area contributed by atoms with Gasteiger partial charge in [-0.3, -0.25) is 9.48 Å². The number of aryl methyl sites for hydroxylation is 1. The lowest BCUT2D eigenvalue weighted by molar-refractivity contribution is -0.116. The number of halogens is 2. The van der Waals surface area contributed by atoms with Crippen molar-refractivity contribution in [2.24, 2.45) is 0 Å². The zero-order valence-corrected chi connectivity index (χ0v) is 12.0. The van der Waals surface area contributed by atoms with Crippen LogP contribution in [0.5, 0.6) is 0 Å². The molecule has 1 unspecified atom stereocenters. The van der Waals surface area contributed by atoms with Crippen molar-refractivity contribution < 1.29 is 9.18 Å². The van der Waals surface area contributed by atoms with Gasteiger partial charge in [0.2, 0.25) is 5.91 Å². The second-order valence-corrected chi connectivity index (χ2v) is 5.07. The van der Waals surface area contributed by atoms with Crippen LogP contribution in [0.15, 0.2) is 30.5 Å². The predicted octanol–water partition coefficient (Wildman–Crippen LogP) is 3.57. The zero-order valence-electron chi connectivity index (χ0n) is 11.2. The van der Waals surface area contributed by atoms with E-state index in [0.29, 0.717) is 5.69 Å². The van der Waals surface area contributed by atoms with Crippen LogP contribution < -0.4 is 5.32 Å². The van der Waals surface area contributed by atoms with Crippen molar-refractivity contribution in [2.45, 2.75) is 26.3 Å². The molecule has 1 atom stereocenters. The van der Waals surface area contributed by atoms with Crippen LogP contribution in [0.2, 0.25) is 5.02 Å². The lowest BCUT2D eigenvalue weighted by Gasteiger charge is -2.12. The molecule has 2 rings (SSSR count). The number of hydrogen-bond donors (Lipinski definition) is 1. The molecule has 4 nitrogen and oxygen atoms in total. The minimum absolute atomic E-state index is 0.0152. The summed E-state index contributed by atoms with van der Waals surface area (Å²) < 4.78 is 14.8. The maximum atomic E-state index is 13.0. The number of rotatable bonds is 4. The number of carbonyl (C=O) groups excluding carboxylic acids is 1. The highest BCUT2D eigenvalue weighted by molar-refractivity contribution is 6.31. The van der Waals surface area contributed by atoms with Gasteiger partial charge in [-0.1, -0.05) is 11.6 Å². The molecule has 1 N–H and O–H groups in total. The van der Waals surface area contributed by atoms with Crippen molar-refractivity contribution in [2.75, 3.05) is 5.32 Å². The van der Waals surface area contributed by atoms with Gasteiger partial charge in [0.15, 0.2) is 0 Å². The van der Waals surface area contributed by atoms with E-state index < -0.39 is 5.82 Å². The molecule has 0 aliphatic rings. The number of amides is 1. The topological polar surface area (TPSA) is 46.9 Å². The van der Waals surface area contributed by atoms with Gasteiger partial charge in [0.25, 0.3) is 0 Å². The molecular formula is C14H15ClFN3O. The van der Waals surface area contributed by atoms with E-state index in [1.165, 1.54) is 18.2 Å². The highest BCUT2D eigenvalue weighted by atomic mass is 35.5. The van der Waals surface area contributed by atoms with Gasteiger partial charge < -0.3 is 5.32 Å². The quantitative estimate of drug-likeness (QED) is 0.937. The van der Waals surface area contributed by atoms with Crippen molar-refractivity contribution >= 4 is 23.2 Å². The van der Waals surface area contributed by atoms with E-state index in [2.05, 4.69) is 10.4 Å². The molecule has 0 spiro atoms. The Morgan fingerprint density at radius 1 is 1.50 bits per heavy atom. The molecule has 0 aliphatic carbocycles. The van der Waals surface area contributed by atoms with Crippen LogP contribution in [0.1, 0.15) is 25.1 Å². The summed E-state index contributed by atoms with van der Waals surface area (Å²) >= 11 is 5.66. The van der Waals surface area contributed by atoms with E-state index in [1.807, 2.05) is 26.1 Å². The van der Waals surface area contributed by atoms with Crippen molar-refractivity contribution in [1.82, 2.24) is 9.78 Å². The number of anilines is 1. The van der Waals surface area contributed by atoms with Gasteiger partial charge in [0, 0.05) is 18.3 Å². The predicted molar refractivity (Wildman–Crippen MR) is 76.3 cm³/mol. The third kappa shape index (κ3) is 3.57. The van der Waals surface area contributed by atoms with Gasteiger partial charge >= 0.3 is 0 Å². The van der Waals surface area contributed by atoms with Gasteiger partial charge in [0.1, 0.15) is 5.82 Å². The summed E-state index contributed by atoms with van der Waals surface area (Å²) in [4.78, 5) is 11.9. The Balaban J connectivity index is 1.96. The van der Waals surface area contributed by atoms with E-state index >= 15 is 0 Å². The Kier molecular flexibility index (Phi) is 4.39. The number of carbonyl (C=O) groups is 1. The summed E-state index contributed by atoms with van der Waals surface area (Å²) in [5.74, 6) is -0.682. The average molecular weight is 296 g/mol. The smallest absolute Gasteiger partial charge is 0.226 e. The first kappa shape index (κ1) is 14.5. The summed E-state index contributed by atoms with van der Waals surface area (Å²) in [5, 5.41) is 6.93. The highest BCUT2D eigenvalue weighted by Gasteiger charge is 2.12. The van der Waals surface area contributed by atoms with Crippen molar-refractivity contribution in [3.8, 4) is 0 Å². The van der Waals surface area contributed by atoms with Crippen molar-refractivity contribution in [3.05, 3.63) is 47.0 Å². The van der Waals surface area contributed by atoms with Crippen molar-refractivity contribution in [1.29, 1.82) is 0 Å². The average Bonchev–Trinajstić information content (AvgIpc) is 2.80. The van der Waals surface area contributed by atoms with Gasteiger partial charge in [-0.15, -0.1) is 0 Å². The fourth-order valence-corrected chi connectivity index (χ4v) is 2.01. The number of hydrogen-bond acceptors (Lipinski definition) is 2. The summed E-state index contributed by atoms with van der Waals surface area (Å²) in [6.45, 7) is 3.80. The summed E-state index contributed by atoms with van der Waals surface area (Å²) in [6, 6.07) is 5.91. The molecule has 1 aromatic carbocycles. The molecule has 0 bridgehead atoms.